The van der Waals surface area contributed by atoms with Crippen molar-refractivity contribution in [3.05, 3.63) is 71.8 Å². The molecular formula is C29H31BO2. The third-order valence-electron chi connectivity index (χ3n) is 6.91. The minimum Gasteiger partial charge on any atom is -0.456 e. The van der Waals surface area contributed by atoms with Crippen LogP contribution in [0.1, 0.15) is 63.9 Å². The maximum atomic E-state index is 7.01. The largest absolute Gasteiger partial charge is 0.456 e. The summed E-state index contributed by atoms with van der Waals surface area (Å²) in [5, 5.41) is 2.35. The van der Waals surface area contributed by atoms with Gasteiger partial charge in [-0.15, -0.1) is 0 Å². The van der Waals surface area contributed by atoms with E-state index in [2.05, 4.69) is 49.4 Å². The van der Waals surface area contributed by atoms with Gasteiger partial charge in [0.2, 0.25) is 0 Å². The molecule has 0 spiro atoms. The summed E-state index contributed by atoms with van der Waals surface area (Å²) in [5.74, 6) is 1.78. The number of allylic oxidation sites excluding steroid dienone is 1. The molecule has 0 aliphatic carbocycles. The molecule has 1 atom stereocenters. The molecule has 2 radical (unpaired) electrons. The van der Waals surface area contributed by atoms with Crippen LogP contribution < -0.4 is 4.74 Å². The van der Waals surface area contributed by atoms with Crippen molar-refractivity contribution >= 4 is 18.6 Å². The molecule has 162 valence electrons. The molecule has 2 heterocycles. The van der Waals surface area contributed by atoms with Gasteiger partial charge in [-0.1, -0.05) is 80.7 Å². The van der Waals surface area contributed by atoms with Crippen LogP contribution in [-0.2, 0) is 10.2 Å². The standard InChI is InChI=1S/C29H31BO2/c1-2-21-11-7-5-3-4-6-8-18-31-29(30,20-21)23-16-17-26-25(19-23)24-14-9-12-22-13-10-15-27(32-26)28(22)24/h9-10,12-17,19-20H,2-8,11,18H2,1H3/b21-20-. The Morgan fingerprint density at radius 1 is 0.844 bits per heavy atom. The van der Waals surface area contributed by atoms with E-state index < -0.39 is 5.50 Å². The van der Waals surface area contributed by atoms with Crippen molar-refractivity contribution in [3.8, 4) is 22.6 Å². The Labute approximate surface area is 193 Å². The Bertz CT molecular complexity index is 1140. The van der Waals surface area contributed by atoms with Gasteiger partial charge in [0.1, 0.15) is 19.3 Å². The molecule has 3 aromatic rings. The summed E-state index contributed by atoms with van der Waals surface area (Å²) in [4.78, 5) is 0. The maximum absolute atomic E-state index is 7.01. The van der Waals surface area contributed by atoms with E-state index in [-0.39, 0.29) is 0 Å². The molecule has 0 fully saturated rings. The van der Waals surface area contributed by atoms with Crippen LogP contribution in [0, 0.1) is 0 Å². The van der Waals surface area contributed by atoms with Gasteiger partial charge in [-0.2, -0.15) is 0 Å². The first kappa shape index (κ1) is 21.3. The molecule has 5 rings (SSSR count). The lowest BCUT2D eigenvalue weighted by molar-refractivity contribution is 0.0472. The van der Waals surface area contributed by atoms with Crippen molar-refractivity contribution in [1.82, 2.24) is 0 Å². The quantitative estimate of drug-likeness (QED) is 0.240. The summed E-state index contributed by atoms with van der Waals surface area (Å²) >= 11 is 0. The molecule has 0 N–H and O–H groups in total. The number of hydrogen-bond donors (Lipinski definition) is 0. The fraction of sp³-hybridized carbons (Fsp3) is 0.379. The molecule has 0 saturated heterocycles. The minimum absolute atomic E-state index is 0.677. The van der Waals surface area contributed by atoms with E-state index in [0.29, 0.717) is 6.61 Å². The number of fused-ring (bicyclic) bond motifs is 2. The number of hydrogen-bond acceptors (Lipinski definition) is 2. The molecule has 32 heavy (non-hydrogen) atoms. The zero-order valence-corrected chi connectivity index (χ0v) is 19.0. The molecule has 0 bridgehead atoms. The first-order valence-corrected chi connectivity index (χ1v) is 12.2. The van der Waals surface area contributed by atoms with Crippen LogP contribution in [0.3, 0.4) is 0 Å². The van der Waals surface area contributed by atoms with Crippen LogP contribution >= 0.6 is 0 Å². The van der Waals surface area contributed by atoms with Crippen molar-refractivity contribution in [2.75, 3.05) is 6.61 Å². The lowest BCUT2D eigenvalue weighted by atomic mass is 9.72. The summed E-state index contributed by atoms with van der Waals surface area (Å²) in [6.07, 6.45) is 11.7. The van der Waals surface area contributed by atoms with Crippen LogP contribution in [0.15, 0.2) is 66.2 Å². The van der Waals surface area contributed by atoms with E-state index in [1.165, 1.54) is 48.6 Å². The number of benzene rings is 3. The predicted octanol–water partition coefficient (Wildman–Crippen LogP) is 8.03. The highest BCUT2D eigenvalue weighted by Crippen LogP contribution is 2.47. The van der Waals surface area contributed by atoms with E-state index in [1.807, 2.05) is 18.2 Å². The van der Waals surface area contributed by atoms with Gasteiger partial charge in [0.15, 0.2) is 0 Å². The fourth-order valence-electron chi connectivity index (χ4n) is 5.07. The highest BCUT2D eigenvalue weighted by molar-refractivity contribution is 6.16. The molecule has 0 aromatic heterocycles. The molecule has 2 aliphatic heterocycles. The van der Waals surface area contributed by atoms with E-state index in [1.54, 1.807) is 0 Å². The van der Waals surface area contributed by atoms with Crippen LogP contribution in [0.25, 0.3) is 21.9 Å². The summed E-state index contributed by atoms with van der Waals surface area (Å²) in [5.41, 5.74) is 3.72. The lowest BCUT2D eigenvalue weighted by Crippen LogP contribution is -2.29. The van der Waals surface area contributed by atoms with Crippen LogP contribution in [-0.4, -0.2) is 14.5 Å². The smallest absolute Gasteiger partial charge is 0.135 e. The minimum atomic E-state index is -0.926. The van der Waals surface area contributed by atoms with Crippen molar-refractivity contribution < 1.29 is 9.47 Å². The average molecular weight is 422 g/mol. The van der Waals surface area contributed by atoms with Gasteiger partial charge in [-0.25, -0.2) is 0 Å². The first-order chi connectivity index (χ1) is 15.7. The SMILES string of the molecule is [B]C1(c2ccc3c(c2)-c2cccc4cccc(c24)O3)/C=C(/CC)CCCCCCCCO1. The van der Waals surface area contributed by atoms with E-state index in [4.69, 9.17) is 17.3 Å². The molecule has 2 aliphatic rings. The normalized spacial score (nSPS) is 23.2. The van der Waals surface area contributed by atoms with Crippen molar-refractivity contribution in [2.45, 2.75) is 63.8 Å². The Morgan fingerprint density at radius 3 is 2.47 bits per heavy atom. The van der Waals surface area contributed by atoms with Gasteiger partial charge >= 0.3 is 0 Å². The van der Waals surface area contributed by atoms with Gasteiger partial charge in [-0.3, -0.25) is 0 Å². The van der Waals surface area contributed by atoms with E-state index in [9.17, 15) is 0 Å². The maximum Gasteiger partial charge on any atom is 0.135 e. The third kappa shape index (κ3) is 4.11. The van der Waals surface area contributed by atoms with Gasteiger partial charge in [0, 0.05) is 17.6 Å². The Balaban J connectivity index is 1.59. The highest BCUT2D eigenvalue weighted by atomic mass is 16.5. The fourth-order valence-corrected chi connectivity index (χ4v) is 5.07. The van der Waals surface area contributed by atoms with E-state index in [0.717, 1.165) is 47.3 Å². The highest BCUT2D eigenvalue weighted by Gasteiger charge is 2.28. The molecule has 2 nitrogen and oxygen atoms in total. The molecule has 1 unspecified atom stereocenters. The zero-order chi connectivity index (χ0) is 22.0. The van der Waals surface area contributed by atoms with Gasteiger partial charge in [0.05, 0.1) is 5.50 Å². The van der Waals surface area contributed by atoms with Gasteiger partial charge in [0.25, 0.3) is 0 Å². The Morgan fingerprint density at radius 2 is 1.62 bits per heavy atom. The summed E-state index contributed by atoms with van der Waals surface area (Å²) < 4.78 is 12.7. The molecule has 0 saturated carbocycles. The summed E-state index contributed by atoms with van der Waals surface area (Å²) in [6, 6.07) is 18.9. The Hall–Kier alpha value is -2.52. The van der Waals surface area contributed by atoms with Crippen molar-refractivity contribution in [1.29, 1.82) is 0 Å². The van der Waals surface area contributed by atoms with Crippen LogP contribution in [0.2, 0.25) is 0 Å². The number of rotatable bonds is 2. The van der Waals surface area contributed by atoms with Crippen molar-refractivity contribution in [2.24, 2.45) is 0 Å². The van der Waals surface area contributed by atoms with Crippen LogP contribution in [0.4, 0.5) is 0 Å². The lowest BCUT2D eigenvalue weighted by Gasteiger charge is -2.31. The van der Waals surface area contributed by atoms with E-state index >= 15 is 0 Å². The second-order valence-electron chi connectivity index (χ2n) is 9.14. The first-order valence-electron chi connectivity index (χ1n) is 12.2. The molecule has 3 heteroatoms. The summed E-state index contributed by atoms with van der Waals surface area (Å²) in [6.45, 7) is 2.90. The zero-order valence-electron chi connectivity index (χ0n) is 19.0. The van der Waals surface area contributed by atoms with Crippen molar-refractivity contribution in [3.63, 3.8) is 0 Å². The number of ether oxygens (including phenoxy) is 2. The summed E-state index contributed by atoms with van der Waals surface area (Å²) in [7, 11) is 7.01. The predicted molar refractivity (Wildman–Crippen MR) is 134 cm³/mol. The van der Waals surface area contributed by atoms with Crippen LogP contribution in [0.5, 0.6) is 11.5 Å². The third-order valence-corrected chi connectivity index (χ3v) is 6.91. The topological polar surface area (TPSA) is 18.5 Å². The molecule has 0 amide bonds. The molecule has 3 aromatic carbocycles. The van der Waals surface area contributed by atoms with Gasteiger partial charge < -0.3 is 9.47 Å². The Kier molecular flexibility index (Phi) is 6.10. The molecular weight excluding hydrogens is 391 g/mol. The van der Waals surface area contributed by atoms with Gasteiger partial charge in [-0.05, 0) is 60.4 Å². The monoisotopic (exact) mass is 422 g/mol. The average Bonchev–Trinajstić information content (AvgIpc) is 2.81. The second kappa shape index (κ2) is 9.15. The second-order valence-corrected chi connectivity index (χ2v) is 9.14.